The fourth-order valence-electron chi connectivity index (χ4n) is 3.64. The van der Waals surface area contributed by atoms with Gasteiger partial charge in [0.25, 0.3) is 0 Å². The molecule has 0 atom stereocenters. The molecule has 1 aromatic heterocycles. The second kappa shape index (κ2) is 10.2. The largest absolute Gasteiger partial charge is 0.340 e. The summed E-state index contributed by atoms with van der Waals surface area (Å²) < 4.78 is 0. The number of halogens is 1. The number of piperazine rings is 1. The number of ketones is 1. The van der Waals surface area contributed by atoms with Gasteiger partial charge in [-0.1, -0.05) is 41.9 Å². The first-order valence-electron chi connectivity index (χ1n) is 10.4. The summed E-state index contributed by atoms with van der Waals surface area (Å²) in [6, 6.07) is 17.0. The molecule has 3 aromatic rings. The number of benzene rings is 2. The highest BCUT2D eigenvalue weighted by Gasteiger charge is 2.22. The Labute approximate surface area is 191 Å². The van der Waals surface area contributed by atoms with E-state index in [1.807, 2.05) is 23.1 Å². The van der Waals surface area contributed by atoms with Crippen molar-refractivity contribution in [1.29, 1.82) is 0 Å². The average molecular weight is 454 g/mol. The molecule has 160 valence electrons. The van der Waals surface area contributed by atoms with Gasteiger partial charge in [-0.3, -0.25) is 14.5 Å². The molecule has 2 aromatic carbocycles. The van der Waals surface area contributed by atoms with Gasteiger partial charge in [-0.2, -0.15) is 0 Å². The van der Waals surface area contributed by atoms with Gasteiger partial charge in [0.1, 0.15) is 5.01 Å². The van der Waals surface area contributed by atoms with Crippen molar-refractivity contribution in [3.63, 3.8) is 0 Å². The van der Waals surface area contributed by atoms with Crippen molar-refractivity contribution in [1.82, 2.24) is 14.8 Å². The number of amides is 1. The van der Waals surface area contributed by atoms with Crippen LogP contribution in [0.3, 0.4) is 0 Å². The highest BCUT2D eigenvalue weighted by atomic mass is 35.5. The second-order valence-electron chi connectivity index (χ2n) is 7.60. The van der Waals surface area contributed by atoms with Crippen molar-refractivity contribution in [2.24, 2.45) is 0 Å². The van der Waals surface area contributed by atoms with Crippen LogP contribution in [0.2, 0.25) is 5.02 Å². The molecule has 0 unspecified atom stereocenters. The summed E-state index contributed by atoms with van der Waals surface area (Å²) in [5.74, 6) is 0.0170. The summed E-state index contributed by atoms with van der Waals surface area (Å²) in [6.07, 6.45) is 0.468. The van der Waals surface area contributed by atoms with Gasteiger partial charge < -0.3 is 4.90 Å². The van der Waals surface area contributed by atoms with E-state index in [1.54, 1.807) is 35.6 Å². The summed E-state index contributed by atoms with van der Waals surface area (Å²) in [4.78, 5) is 33.8. The molecule has 1 aliphatic rings. The maximum absolute atomic E-state index is 12.5. The predicted octanol–water partition coefficient (Wildman–Crippen LogP) is 4.77. The van der Waals surface area contributed by atoms with Crippen molar-refractivity contribution < 1.29 is 9.59 Å². The Morgan fingerprint density at radius 2 is 1.65 bits per heavy atom. The average Bonchev–Trinajstić information content (AvgIpc) is 3.27. The van der Waals surface area contributed by atoms with E-state index in [4.69, 9.17) is 16.6 Å². The van der Waals surface area contributed by atoms with Gasteiger partial charge in [0, 0.05) is 67.1 Å². The first-order chi connectivity index (χ1) is 15.1. The van der Waals surface area contributed by atoms with E-state index in [2.05, 4.69) is 22.4 Å². The first-order valence-corrected chi connectivity index (χ1v) is 11.6. The Kier molecular flexibility index (Phi) is 7.12. The Hall–Kier alpha value is -2.54. The Balaban J connectivity index is 1.22. The summed E-state index contributed by atoms with van der Waals surface area (Å²) >= 11 is 7.52. The lowest BCUT2D eigenvalue weighted by atomic mass is 10.1. The van der Waals surface area contributed by atoms with E-state index >= 15 is 0 Å². The van der Waals surface area contributed by atoms with Crippen LogP contribution in [0.25, 0.3) is 10.6 Å². The molecule has 0 aliphatic carbocycles. The number of rotatable bonds is 7. The molecule has 0 spiro atoms. The van der Waals surface area contributed by atoms with Crippen molar-refractivity contribution in [2.75, 3.05) is 26.2 Å². The molecule has 7 heteroatoms. The zero-order valence-electron chi connectivity index (χ0n) is 17.2. The van der Waals surface area contributed by atoms with Crippen LogP contribution in [0.5, 0.6) is 0 Å². The lowest BCUT2D eigenvalue weighted by Gasteiger charge is -2.34. The van der Waals surface area contributed by atoms with Gasteiger partial charge in [-0.15, -0.1) is 11.3 Å². The number of carbonyl (C=O) groups excluding carboxylic acids is 2. The van der Waals surface area contributed by atoms with E-state index < -0.39 is 0 Å². The summed E-state index contributed by atoms with van der Waals surface area (Å²) in [5, 5.41) is 3.75. The van der Waals surface area contributed by atoms with Crippen LogP contribution in [0, 0.1) is 0 Å². The standard InChI is InChI=1S/C24H24ClN3O2S/c25-20-8-6-18(7-9-20)22(29)10-11-23(30)28-14-12-27(13-15-28)16-21-17-31-24(26-21)19-4-2-1-3-5-19/h1-9,17H,10-16H2. The highest BCUT2D eigenvalue weighted by Crippen LogP contribution is 2.24. The third-order valence-electron chi connectivity index (χ3n) is 5.42. The SMILES string of the molecule is O=C(CCC(=O)N1CCN(Cc2csc(-c3ccccc3)n2)CC1)c1ccc(Cl)cc1. The summed E-state index contributed by atoms with van der Waals surface area (Å²) in [7, 11) is 0. The number of hydrogen-bond acceptors (Lipinski definition) is 5. The molecular weight excluding hydrogens is 430 g/mol. The summed E-state index contributed by atoms with van der Waals surface area (Å²) in [5.41, 5.74) is 2.81. The predicted molar refractivity (Wildman–Crippen MR) is 124 cm³/mol. The number of thiazole rings is 1. The zero-order valence-corrected chi connectivity index (χ0v) is 18.7. The number of aromatic nitrogens is 1. The number of hydrogen-bond donors (Lipinski definition) is 0. The molecule has 0 bridgehead atoms. The van der Waals surface area contributed by atoms with Gasteiger partial charge in [0.05, 0.1) is 5.69 Å². The Bertz CT molecular complexity index is 1030. The second-order valence-corrected chi connectivity index (χ2v) is 8.89. The summed E-state index contributed by atoms with van der Waals surface area (Å²) in [6.45, 7) is 3.79. The van der Waals surface area contributed by atoms with Crippen molar-refractivity contribution in [3.8, 4) is 10.6 Å². The molecule has 2 heterocycles. The lowest BCUT2D eigenvalue weighted by molar-refractivity contribution is -0.133. The number of carbonyl (C=O) groups is 2. The smallest absolute Gasteiger partial charge is 0.223 e. The first kappa shape index (κ1) is 21.7. The van der Waals surface area contributed by atoms with E-state index in [1.165, 1.54) is 0 Å². The van der Waals surface area contributed by atoms with Crippen LogP contribution in [-0.4, -0.2) is 52.7 Å². The topological polar surface area (TPSA) is 53.5 Å². The molecule has 0 radical (unpaired) electrons. The quantitative estimate of drug-likeness (QED) is 0.483. The molecular formula is C24H24ClN3O2S. The molecule has 1 saturated heterocycles. The van der Waals surface area contributed by atoms with Crippen LogP contribution in [0.1, 0.15) is 28.9 Å². The molecule has 5 nitrogen and oxygen atoms in total. The van der Waals surface area contributed by atoms with Crippen molar-refractivity contribution in [2.45, 2.75) is 19.4 Å². The number of Topliss-reactive ketones (excluding diaryl/α,β-unsaturated/α-hetero) is 1. The highest BCUT2D eigenvalue weighted by molar-refractivity contribution is 7.13. The van der Waals surface area contributed by atoms with E-state index in [0.717, 1.165) is 35.9 Å². The monoisotopic (exact) mass is 453 g/mol. The van der Waals surface area contributed by atoms with Crippen LogP contribution in [0.15, 0.2) is 60.0 Å². The van der Waals surface area contributed by atoms with Gasteiger partial charge in [0.2, 0.25) is 5.91 Å². The van der Waals surface area contributed by atoms with Gasteiger partial charge in [-0.25, -0.2) is 4.98 Å². The maximum atomic E-state index is 12.5. The van der Waals surface area contributed by atoms with Gasteiger partial charge in [-0.05, 0) is 24.3 Å². The molecule has 0 N–H and O–H groups in total. The van der Waals surface area contributed by atoms with Crippen LogP contribution >= 0.6 is 22.9 Å². The van der Waals surface area contributed by atoms with Crippen molar-refractivity contribution in [3.05, 3.63) is 76.3 Å². The van der Waals surface area contributed by atoms with Crippen LogP contribution < -0.4 is 0 Å². The van der Waals surface area contributed by atoms with Gasteiger partial charge in [0.15, 0.2) is 5.78 Å². The maximum Gasteiger partial charge on any atom is 0.223 e. The van der Waals surface area contributed by atoms with E-state index in [-0.39, 0.29) is 24.5 Å². The molecule has 0 saturated carbocycles. The van der Waals surface area contributed by atoms with E-state index in [9.17, 15) is 9.59 Å². The molecule has 1 amide bonds. The normalized spacial score (nSPS) is 14.5. The minimum atomic E-state index is -0.0265. The fourth-order valence-corrected chi connectivity index (χ4v) is 4.58. The molecule has 4 rings (SSSR count). The third-order valence-corrected chi connectivity index (χ3v) is 6.61. The minimum Gasteiger partial charge on any atom is -0.340 e. The van der Waals surface area contributed by atoms with Crippen LogP contribution in [-0.2, 0) is 11.3 Å². The van der Waals surface area contributed by atoms with E-state index in [0.29, 0.717) is 23.7 Å². The number of nitrogens with zero attached hydrogens (tertiary/aromatic N) is 3. The lowest BCUT2D eigenvalue weighted by Crippen LogP contribution is -2.48. The Morgan fingerprint density at radius 1 is 0.935 bits per heavy atom. The van der Waals surface area contributed by atoms with Crippen molar-refractivity contribution >= 4 is 34.6 Å². The van der Waals surface area contributed by atoms with Crippen LogP contribution in [0.4, 0.5) is 0 Å². The molecule has 31 heavy (non-hydrogen) atoms. The fraction of sp³-hybridized carbons (Fsp3) is 0.292. The van der Waals surface area contributed by atoms with Gasteiger partial charge >= 0.3 is 0 Å². The Morgan fingerprint density at radius 3 is 2.35 bits per heavy atom. The zero-order chi connectivity index (χ0) is 21.6. The minimum absolute atomic E-state index is 0.0265. The third kappa shape index (κ3) is 5.79. The molecule has 1 fully saturated rings. The molecule has 1 aliphatic heterocycles.